The van der Waals surface area contributed by atoms with Gasteiger partial charge in [0.2, 0.25) is 5.76 Å². The first kappa shape index (κ1) is 6.13. The molecule has 50 valence electrons. The Balaban J connectivity index is 2.40. The van der Waals surface area contributed by atoms with E-state index in [4.69, 9.17) is 10.5 Å². The smallest absolute Gasteiger partial charge is 0.288 e. The van der Waals surface area contributed by atoms with Gasteiger partial charge in [0.15, 0.2) is 5.76 Å². The van der Waals surface area contributed by atoms with Gasteiger partial charge in [-0.1, -0.05) is 6.92 Å². The first-order valence-electron chi connectivity index (χ1n) is 2.96. The van der Waals surface area contributed by atoms with Crippen LogP contribution in [-0.2, 0) is 9.53 Å². The molecule has 0 aromatic carbocycles. The highest BCUT2D eigenvalue weighted by Crippen LogP contribution is 2.29. The number of nitrogens with two attached hydrogens (primary N) is 1. The van der Waals surface area contributed by atoms with Gasteiger partial charge in [0.05, 0.1) is 0 Å². The standard InChI is InChI=1S/C6H9NO2/c1-2-3-4-5(9-4)6(7)8/h2-3H2,1H3,(H2,7,8). The van der Waals surface area contributed by atoms with E-state index in [9.17, 15) is 4.79 Å². The molecule has 1 heterocycles. The van der Waals surface area contributed by atoms with Gasteiger partial charge in [-0.25, -0.2) is 0 Å². The minimum atomic E-state index is -0.446. The molecule has 0 aliphatic carbocycles. The van der Waals surface area contributed by atoms with E-state index in [1.807, 2.05) is 6.92 Å². The summed E-state index contributed by atoms with van der Waals surface area (Å²) in [5.74, 6) is 0.695. The summed E-state index contributed by atoms with van der Waals surface area (Å²) in [5, 5.41) is 0. The zero-order valence-corrected chi connectivity index (χ0v) is 5.31. The lowest BCUT2D eigenvalue weighted by Crippen LogP contribution is -2.07. The fourth-order valence-corrected chi connectivity index (χ4v) is 0.677. The Morgan fingerprint density at radius 1 is 1.78 bits per heavy atom. The lowest BCUT2D eigenvalue weighted by atomic mass is 10.3. The highest BCUT2D eigenvalue weighted by Gasteiger charge is 2.28. The monoisotopic (exact) mass is 127 g/mol. The van der Waals surface area contributed by atoms with Crippen LogP contribution in [0, 0.1) is 0 Å². The Morgan fingerprint density at radius 3 is 2.78 bits per heavy atom. The molecule has 0 aromatic heterocycles. The lowest BCUT2D eigenvalue weighted by Gasteiger charge is -1.76. The molecule has 2 N–H and O–H groups in total. The van der Waals surface area contributed by atoms with Gasteiger partial charge < -0.3 is 10.5 Å². The third kappa shape index (κ3) is 1.22. The fourth-order valence-electron chi connectivity index (χ4n) is 0.677. The first-order chi connectivity index (χ1) is 4.25. The third-order valence-corrected chi connectivity index (χ3v) is 1.14. The zero-order chi connectivity index (χ0) is 6.85. The van der Waals surface area contributed by atoms with Crippen LogP contribution in [-0.4, -0.2) is 5.91 Å². The van der Waals surface area contributed by atoms with Gasteiger partial charge in [0.1, 0.15) is 0 Å². The van der Waals surface area contributed by atoms with Crippen molar-refractivity contribution in [2.75, 3.05) is 0 Å². The summed E-state index contributed by atoms with van der Waals surface area (Å²) in [6.45, 7) is 2.02. The Hall–Kier alpha value is -0.990. The Kier molecular flexibility index (Phi) is 1.42. The first-order valence-corrected chi connectivity index (χ1v) is 2.96. The van der Waals surface area contributed by atoms with Crippen LogP contribution < -0.4 is 5.73 Å². The van der Waals surface area contributed by atoms with Crippen LogP contribution in [0.15, 0.2) is 11.5 Å². The molecule has 0 saturated carbocycles. The average Bonchev–Trinajstić information content (AvgIpc) is 2.47. The molecule has 3 nitrogen and oxygen atoms in total. The largest absolute Gasteiger partial charge is 0.448 e. The van der Waals surface area contributed by atoms with Crippen LogP contribution in [0.4, 0.5) is 0 Å². The summed E-state index contributed by atoms with van der Waals surface area (Å²) < 4.78 is 4.78. The molecule has 0 atom stereocenters. The molecule has 0 unspecified atom stereocenters. The number of carbonyl (C=O) groups is 1. The molecule has 1 aliphatic rings. The van der Waals surface area contributed by atoms with Gasteiger partial charge in [-0.2, -0.15) is 0 Å². The van der Waals surface area contributed by atoms with E-state index in [2.05, 4.69) is 0 Å². The van der Waals surface area contributed by atoms with Gasteiger partial charge in [-0.15, -0.1) is 0 Å². The second kappa shape index (κ2) is 2.09. The molecular weight excluding hydrogens is 118 g/mol. The van der Waals surface area contributed by atoms with E-state index in [-0.39, 0.29) is 0 Å². The summed E-state index contributed by atoms with van der Waals surface area (Å²) >= 11 is 0. The lowest BCUT2D eigenvalue weighted by molar-refractivity contribution is -0.115. The highest BCUT2D eigenvalue weighted by atomic mass is 16.6. The molecule has 1 aliphatic heterocycles. The molecule has 3 heteroatoms. The van der Waals surface area contributed by atoms with Crippen molar-refractivity contribution in [3.8, 4) is 0 Å². The second-order valence-corrected chi connectivity index (χ2v) is 1.97. The van der Waals surface area contributed by atoms with Crippen LogP contribution in [0.3, 0.4) is 0 Å². The van der Waals surface area contributed by atoms with Crippen molar-refractivity contribution >= 4 is 5.91 Å². The van der Waals surface area contributed by atoms with Crippen molar-refractivity contribution in [3.05, 3.63) is 11.5 Å². The van der Waals surface area contributed by atoms with E-state index in [0.29, 0.717) is 5.76 Å². The number of ether oxygens (including phenoxy) is 1. The topological polar surface area (TPSA) is 55.6 Å². The van der Waals surface area contributed by atoms with Crippen LogP contribution in [0.25, 0.3) is 0 Å². The molecule has 0 radical (unpaired) electrons. The van der Waals surface area contributed by atoms with Crippen molar-refractivity contribution < 1.29 is 9.53 Å². The molecule has 0 aromatic rings. The van der Waals surface area contributed by atoms with E-state index in [1.54, 1.807) is 0 Å². The Labute approximate surface area is 53.5 Å². The van der Waals surface area contributed by atoms with Gasteiger partial charge >= 0.3 is 0 Å². The normalized spacial score (nSPS) is 15.2. The van der Waals surface area contributed by atoms with E-state index in [1.165, 1.54) is 0 Å². The molecule has 0 spiro atoms. The molecule has 9 heavy (non-hydrogen) atoms. The number of hydrogen-bond acceptors (Lipinski definition) is 2. The summed E-state index contributed by atoms with van der Waals surface area (Å²) in [4.78, 5) is 10.3. The number of primary amides is 1. The number of hydrogen-bond donors (Lipinski definition) is 1. The Morgan fingerprint density at radius 2 is 2.44 bits per heavy atom. The SMILES string of the molecule is CCCC1=C(C(N)=O)O1. The number of amides is 1. The number of carbonyl (C=O) groups excluding carboxylic acids is 1. The minimum Gasteiger partial charge on any atom is -0.448 e. The van der Waals surface area contributed by atoms with E-state index < -0.39 is 5.91 Å². The van der Waals surface area contributed by atoms with Crippen molar-refractivity contribution in [2.45, 2.75) is 19.8 Å². The van der Waals surface area contributed by atoms with Crippen LogP contribution in [0.1, 0.15) is 19.8 Å². The zero-order valence-electron chi connectivity index (χ0n) is 5.31. The van der Waals surface area contributed by atoms with Crippen LogP contribution >= 0.6 is 0 Å². The molecule has 0 bridgehead atoms. The summed E-state index contributed by atoms with van der Waals surface area (Å²) in [7, 11) is 0. The second-order valence-electron chi connectivity index (χ2n) is 1.97. The average molecular weight is 127 g/mol. The molecule has 0 fully saturated rings. The van der Waals surface area contributed by atoms with Gasteiger partial charge in [-0.3, -0.25) is 4.79 Å². The summed E-state index contributed by atoms with van der Waals surface area (Å²) in [6, 6.07) is 0. The molecule has 1 rings (SSSR count). The fraction of sp³-hybridized carbons (Fsp3) is 0.500. The van der Waals surface area contributed by atoms with Crippen LogP contribution in [0.5, 0.6) is 0 Å². The van der Waals surface area contributed by atoms with Gasteiger partial charge in [-0.05, 0) is 6.42 Å². The molecular formula is C6H9NO2. The number of allylic oxidation sites excluding steroid dienone is 1. The van der Waals surface area contributed by atoms with Gasteiger partial charge in [0.25, 0.3) is 5.91 Å². The summed E-state index contributed by atoms with van der Waals surface area (Å²) in [6.07, 6.45) is 1.82. The van der Waals surface area contributed by atoms with E-state index >= 15 is 0 Å². The van der Waals surface area contributed by atoms with Gasteiger partial charge in [0, 0.05) is 6.42 Å². The number of rotatable bonds is 3. The van der Waals surface area contributed by atoms with E-state index in [0.717, 1.165) is 18.6 Å². The van der Waals surface area contributed by atoms with Crippen molar-refractivity contribution in [1.82, 2.24) is 0 Å². The summed E-state index contributed by atoms with van der Waals surface area (Å²) in [5.41, 5.74) is 4.90. The third-order valence-electron chi connectivity index (χ3n) is 1.14. The maximum Gasteiger partial charge on any atom is 0.288 e. The van der Waals surface area contributed by atoms with Crippen LogP contribution in [0.2, 0.25) is 0 Å². The maximum absolute atomic E-state index is 10.3. The van der Waals surface area contributed by atoms with Crippen molar-refractivity contribution in [2.24, 2.45) is 5.73 Å². The molecule has 0 saturated heterocycles. The predicted molar refractivity (Wildman–Crippen MR) is 32.2 cm³/mol. The quantitative estimate of drug-likeness (QED) is 0.600. The molecule has 1 amide bonds. The Bertz CT molecular complexity index is 172. The predicted octanol–water partition coefficient (Wildman–Crippen LogP) is 0.514. The van der Waals surface area contributed by atoms with Crippen molar-refractivity contribution in [1.29, 1.82) is 0 Å². The maximum atomic E-state index is 10.3. The van der Waals surface area contributed by atoms with Crippen molar-refractivity contribution in [3.63, 3.8) is 0 Å². The highest BCUT2D eigenvalue weighted by molar-refractivity contribution is 5.93. The minimum absolute atomic E-state index is 0.372.